The topological polar surface area (TPSA) is 88.1 Å². The summed E-state index contributed by atoms with van der Waals surface area (Å²) in [6.45, 7) is 5.15. The number of β-amino-alcohol motifs (C(OH)–C–C–N with tert-alkyl or cyclic N) is 1. The second-order valence-electron chi connectivity index (χ2n) is 4.66. The number of amides is 2. The molecule has 1 unspecified atom stereocenters. The van der Waals surface area contributed by atoms with Crippen LogP contribution in [0.1, 0.15) is 20.8 Å². The Balaban J connectivity index is 2.43. The number of alkyl carbamates (subject to hydrolysis) is 1. The molecule has 1 fully saturated rings. The van der Waals surface area contributed by atoms with Gasteiger partial charge in [0.1, 0.15) is 18.2 Å². The lowest BCUT2D eigenvalue weighted by Crippen LogP contribution is -2.45. The van der Waals surface area contributed by atoms with Crippen molar-refractivity contribution in [1.82, 2.24) is 10.4 Å². The van der Waals surface area contributed by atoms with Crippen LogP contribution in [0.25, 0.3) is 0 Å². The third-order valence-corrected chi connectivity index (χ3v) is 1.94. The van der Waals surface area contributed by atoms with Crippen molar-refractivity contribution in [1.29, 1.82) is 0 Å². The molecule has 1 rings (SSSR count). The summed E-state index contributed by atoms with van der Waals surface area (Å²) in [5.74, 6) is -0.384. The monoisotopic (exact) mass is 246 g/mol. The molecule has 1 aliphatic heterocycles. The Bertz CT molecular complexity index is 300. The standard InChI is InChI=1S/C10H18N2O5/c1-10(2,3)17-9(15)11-7-6-16-12(4-5-13)8(7)14/h7,13H,4-6H2,1-3H3,(H,11,15). The third-order valence-electron chi connectivity index (χ3n) is 1.94. The largest absolute Gasteiger partial charge is 0.444 e. The number of carbonyl (C=O) groups excluding carboxylic acids is 2. The van der Waals surface area contributed by atoms with Crippen molar-refractivity contribution in [2.24, 2.45) is 0 Å². The normalized spacial score (nSPS) is 20.6. The van der Waals surface area contributed by atoms with Crippen molar-refractivity contribution >= 4 is 12.0 Å². The smallest absolute Gasteiger partial charge is 0.408 e. The van der Waals surface area contributed by atoms with Crippen molar-refractivity contribution in [3.63, 3.8) is 0 Å². The van der Waals surface area contributed by atoms with Gasteiger partial charge in [0.05, 0.1) is 13.2 Å². The molecule has 1 heterocycles. The van der Waals surface area contributed by atoms with E-state index in [1.807, 2.05) is 0 Å². The van der Waals surface area contributed by atoms with Crippen LogP contribution in [0.15, 0.2) is 0 Å². The molecule has 1 aliphatic rings. The highest BCUT2D eigenvalue weighted by Gasteiger charge is 2.34. The quantitative estimate of drug-likeness (QED) is 0.710. The average molecular weight is 246 g/mol. The molecule has 7 nitrogen and oxygen atoms in total. The van der Waals surface area contributed by atoms with Crippen LogP contribution in [0.5, 0.6) is 0 Å². The van der Waals surface area contributed by atoms with Crippen LogP contribution < -0.4 is 5.32 Å². The second kappa shape index (κ2) is 5.33. The molecule has 0 aromatic rings. The highest BCUT2D eigenvalue weighted by Crippen LogP contribution is 2.10. The summed E-state index contributed by atoms with van der Waals surface area (Å²) in [5.41, 5.74) is -0.614. The first-order chi connectivity index (χ1) is 7.83. The van der Waals surface area contributed by atoms with Crippen molar-refractivity contribution < 1.29 is 24.3 Å². The summed E-state index contributed by atoms with van der Waals surface area (Å²) >= 11 is 0. The maximum Gasteiger partial charge on any atom is 0.408 e. The highest BCUT2D eigenvalue weighted by molar-refractivity contribution is 5.86. The van der Waals surface area contributed by atoms with E-state index in [1.165, 1.54) is 0 Å². The Kier molecular flexibility index (Phi) is 4.30. The average Bonchev–Trinajstić information content (AvgIpc) is 2.47. The van der Waals surface area contributed by atoms with E-state index in [1.54, 1.807) is 20.8 Å². The molecule has 1 atom stereocenters. The Morgan fingerprint density at radius 2 is 2.29 bits per heavy atom. The molecule has 7 heteroatoms. The van der Waals surface area contributed by atoms with Gasteiger partial charge in [0.2, 0.25) is 0 Å². The fourth-order valence-corrected chi connectivity index (χ4v) is 1.29. The van der Waals surface area contributed by atoms with Gasteiger partial charge in [-0.1, -0.05) is 0 Å². The van der Waals surface area contributed by atoms with Crippen molar-refractivity contribution in [2.75, 3.05) is 19.8 Å². The minimum absolute atomic E-state index is 0.0536. The number of carbonyl (C=O) groups is 2. The van der Waals surface area contributed by atoms with E-state index < -0.39 is 17.7 Å². The van der Waals surface area contributed by atoms with Crippen molar-refractivity contribution in [3.8, 4) is 0 Å². The predicted octanol–water partition coefficient (Wildman–Crippen LogP) is -0.354. The molecule has 0 spiro atoms. The van der Waals surface area contributed by atoms with E-state index in [2.05, 4.69) is 5.32 Å². The molecule has 17 heavy (non-hydrogen) atoms. The first-order valence-corrected chi connectivity index (χ1v) is 5.38. The molecule has 0 aromatic heterocycles. The van der Waals surface area contributed by atoms with Gasteiger partial charge in [0.15, 0.2) is 0 Å². The first-order valence-electron chi connectivity index (χ1n) is 5.38. The zero-order chi connectivity index (χ0) is 13.1. The van der Waals surface area contributed by atoms with Gasteiger partial charge in [-0.2, -0.15) is 0 Å². The van der Waals surface area contributed by atoms with Gasteiger partial charge in [0.25, 0.3) is 5.91 Å². The highest BCUT2D eigenvalue weighted by atomic mass is 16.7. The summed E-state index contributed by atoms with van der Waals surface area (Å²) in [7, 11) is 0. The molecule has 0 saturated carbocycles. The van der Waals surface area contributed by atoms with Gasteiger partial charge in [-0.25, -0.2) is 9.86 Å². The number of nitrogens with one attached hydrogen (secondary N) is 1. The minimum Gasteiger partial charge on any atom is -0.444 e. The van der Waals surface area contributed by atoms with E-state index in [-0.39, 0.29) is 25.7 Å². The number of aliphatic hydroxyl groups is 1. The molecule has 98 valence electrons. The van der Waals surface area contributed by atoms with Gasteiger partial charge in [-0.05, 0) is 20.8 Å². The van der Waals surface area contributed by atoms with Gasteiger partial charge >= 0.3 is 6.09 Å². The zero-order valence-corrected chi connectivity index (χ0v) is 10.2. The van der Waals surface area contributed by atoms with Gasteiger partial charge in [-0.3, -0.25) is 9.63 Å². The predicted molar refractivity (Wildman–Crippen MR) is 57.9 cm³/mol. The summed E-state index contributed by atoms with van der Waals surface area (Å²) in [6, 6.07) is -0.753. The lowest BCUT2D eigenvalue weighted by molar-refractivity contribution is -0.163. The van der Waals surface area contributed by atoms with Crippen LogP contribution in [0.3, 0.4) is 0 Å². The van der Waals surface area contributed by atoms with E-state index >= 15 is 0 Å². The molecule has 2 amide bonds. The number of ether oxygens (including phenoxy) is 1. The number of nitrogens with zero attached hydrogens (tertiary/aromatic N) is 1. The Hall–Kier alpha value is -1.34. The molecule has 0 aliphatic carbocycles. The number of hydrogen-bond donors (Lipinski definition) is 2. The zero-order valence-electron chi connectivity index (χ0n) is 10.2. The molecule has 0 radical (unpaired) electrons. The van der Waals surface area contributed by atoms with Crippen LogP contribution in [0, 0.1) is 0 Å². The lowest BCUT2D eigenvalue weighted by atomic mass is 10.2. The van der Waals surface area contributed by atoms with Crippen LogP contribution in [0.2, 0.25) is 0 Å². The first kappa shape index (κ1) is 13.7. The Morgan fingerprint density at radius 1 is 1.65 bits per heavy atom. The number of rotatable bonds is 3. The van der Waals surface area contributed by atoms with E-state index in [0.29, 0.717) is 0 Å². The number of aliphatic hydroxyl groups excluding tert-OH is 1. The number of hydrogen-bond acceptors (Lipinski definition) is 5. The maximum atomic E-state index is 11.6. The molecule has 0 bridgehead atoms. The fraction of sp³-hybridized carbons (Fsp3) is 0.800. The maximum absolute atomic E-state index is 11.6. The van der Waals surface area contributed by atoms with E-state index in [4.69, 9.17) is 14.7 Å². The Labute approximate surface area is 99.6 Å². The van der Waals surface area contributed by atoms with Crippen LogP contribution in [-0.4, -0.2) is 53.6 Å². The second-order valence-corrected chi connectivity index (χ2v) is 4.66. The van der Waals surface area contributed by atoms with Crippen LogP contribution in [0.4, 0.5) is 4.79 Å². The van der Waals surface area contributed by atoms with E-state index in [0.717, 1.165) is 5.06 Å². The Morgan fingerprint density at radius 3 is 2.82 bits per heavy atom. The summed E-state index contributed by atoms with van der Waals surface area (Å²) in [6.07, 6.45) is -0.662. The summed E-state index contributed by atoms with van der Waals surface area (Å²) in [5, 5.41) is 12.1. The minimum atomic E-state index is -0.753. The van der Waals surface area contributed by atoms with Crippen LogP contribution in [-0.2, 0) is 14.4 Å². The lowest BCUT2D eigenvalue weighted by Gasteiger charge is -2.20. The van der Waals surface area contributed by atoms with Gasteiger partial charge in [0, 0.05) is 0 Å². The molecule has 0 aromatic carbocycles. The molecular weight excluding hydrogens is 228 g/mol. The molecule has 2 N–H and O–H groups in total. The summed E-state index contributed by atoms with van der Waals surface area (Å²) < 4.78 is 5.02. The van der Waals surface area contributed by atoms with Crippen LogP contribution >= 0.6 is 0 Å². The molecular formula is C10H18N2O5. The van der Waals surface area contributed by atoms with Crippen molar-refractivity contribution in [2.45, 2.75) is 32.4 Å². The molecule has 1 saturated heterocycles. The van der Waals surface area contributed by atoms with E-state index in [9.17, 15) is 9.59 Å². The van der Waals surface area contributed by atoms with Crippen molar-refractivity contribution in [3.05, 3.63) is 0 Å². The summed E-state index contributed by atoms with van der Waals surface area (Å²) in [4.78, 5) is 28.0. The fourth-order valence-electron chi connectivity index (χ4n) is 1.29. The van der Waals surface area contributed by atoms with Gasteiger partial charge in [-0.15, -0.1) is 0 Å². The third kappa shape index (κ3) is 4.20. The SMILES string of the molecule is CC(C)(C)OC(=O)NC1CON(CCO)C1=O. The number of hydroxylamine groups is 2. The van der Waals surface area contributed by atoms with Gasteiger partial charge < -0.3 is 15.2 Å².